The van der Waals surface area contributed by atoms with Crippen molar-refractivity contribution in [1.29, 1.82) is 0 Å². The van der Waals surface area contributed by atoms with Crippen molar-refractivity contribution in [2.75, 3.05) is 26.3 Å². The van der Waals surface area contributed by atoms with Crippen molar-refractivity contribution < 1.29 is 14.3 Å². The van der Waals surface area contributed by atoms with Gasteiger partial charge < -0.3 is 14.3 Å². The number of nitrogens with zero attached hydrogens (tertiary/aromatic N) is 4. The Morgan fingerprint density at radius 1 is 1.19 bits per heavy atom. The van der Waals surface area contributed by atoms with Gasteiger partial charge in [0.15, 0.2) is 0 Å². The Morgan fingerprint density at radius 3 is 2.96 bits per heavy atom. The van der Waals surface area contributed by atoms with E-state index < -0.39 is 0 Å². The van der Waals surface area contributed by atoms with Gasteiger partial charge >= 0.3 is 0 Å². The number of fused-ring (bicyclic) bond motifs is 3. The highest BCUT2D eigenvalue weighted by Gasteiger charge is 2.50. The molecule has 4 heterocycles. The molecule has 7 heteroatoms. The lowest BCUT2D eigenvalue weighted by atomic mass is 9.74. The van der Waals surface area contributed by atoms with Crippen LogP contribution in [0.4, 0.5) is 0 Å². The smallest absolute Gasteiger partial charge is 0.249 e. The van der Waals surface area contributed by atoms with Gasteiger partial charge in [-0.15, -0.1) is 10.2 Å². The lowest BCUT2D eigenvalue weighted by Gasteiger charge is -2.38. The first-order valence-corrected chi connectivity index (χ1v) is 9.05. The third-order valence-corrected chi connectivity index (χ3v) is 5.58. The van der Waals surface area contributed by atoms with E-state index in [0.29, 0.717) is 24.9 Å². The molecule has 0 aliphatic carbocycles. The van der Waals surface area contributed by atoms with Crippen LogP contribution in [0.2, 0.25) is 0 Å². The fraction of sp³-hybridized carbons (Fsp3) is 0.350. The zero-order valence-corrected chi connectivity index (χ0v) is 14.8. The molecule has 2 aliphatic rings. The molecule has 27 heavy (non-hydrogen) atoms. The predicted octanol–water partition coefficient (Wildman–Crippen LogP) is 2.10. The number of likely N-dealkylation sites (tertiary alicyclic amines) is 1. The van der Waals surface area contributed by atoms with E-state index in [1.165, 1.54) is 5.56 Å². The Bertz CT molecular complexity index is 945. The average molecular weight is 364 g/mol. The minimum absolute atomic E-state index is 0.0905. The molecule has 0 amide bonds. The highest BCUT2D eigenvalue weighted by molar-refractivity contribution is 5.49. The zero-order valence-electron chi connectivity index (χ0n) is 14.8. The summed E-state index contributed by atoms with van der Waals surface area (Å²) in [5.74, 6) is 2.19. The average Bonchev–Trinajstić information content (AvgIpc) is 3.34. The van der Waals surface area contributed by atoms with Crippen LogP contribution in [0.5, 0.6) is 5.75 Å². The predicted molar refractivity (Wildman–Crippen MR) is 97.0 cm³/mol. The quantitative estimate of drug-likeness (QED) is 0.759. The van der Waals surface area contributed by atoms with Gasteiger partial charge in [0.25, 0.3) is 0 Å². The minimum atomic E-state index is -0.291. The van der Waals surface area contributed by atoms with E-state index in [1.54, 1.807) is 12.4 Å². The molecule has 2 atom stereocenters. The van der Waals surface area contributed by atoms with Crippen molar-refractivity contribution >= 4 is 0 Å². The van der Waals surface area contributed by atoms with Crippen LogP contribution in [0.25, 0.3) is 11.5 Å². The number of pyridine rings is 1. The van der Waals surface area contributed by atoms with E-state index in [-0.39, 0.29) is 17.9 Å². The summed E-state index contributed by atoms with van der Waals surface area (Å²) in [5, 5.41) is 18.5. The van der Waals surface area contributed by atoms with Crippen LogP contribution >= 0.6 is 0 Å². The van der Waals surface area contributed by atoms with Gasteiger partial charge in [0, 0.05) is 36.8 Å². The molecule has 0 saturated carbocycles. The Kier molecular flexibility index (Phi) is 3.91. The summed E-state index contributed by atoms with van der Waals surface area (Å²) < 4.78 is 11.8. The summed E-state index contributed by atoms with van der Waals surface area (Å²) in [6.45, 7) is 2.71. The van der Waals surface area contributed by atoms with Gasteiger partial charge in [0.1, 0.15) is 5.75 Å². The van der Waals surface area contributed by atoms with Gasteiger partial charge in [-0.1, -0.05) is 18.2 Å². The molecule has 138 valence electrons. The standard InChI is InChI=1S/C20H20N4O3/c25-12-20-11-24(9-16(20)15-5-1-2-6-17(15)26-13-20)10-18-22-23-19(27-18)14-4-3-7-21-8-14/h1-8,16,25H,9-13H2/t16-,20-/m1/s1. The Labute approximate surface area is 156 Å². The zero-order chi connectivity index (χ0) is 18.3. The molecule has 3 aromatic rings. The summed E-state index contributed by atoms with van der Waals surface area (Å²) in [6.07, 6.45) is 3.41. The molecule has 1 fully saturated rings. The number of hydrogen-bond acceptors (Lipinski definition) is 7. The molecular formula is C20H20N4O3. The van der Waals surface area contributed by atoms with Gasteiger partial charge in [0.2, 0.25) is 11.8 Å². The highest BCUT2D eigenvalue weighted by Crippen LogP contribution is 2.49. The molecule has 0 spiro atoms. The van der Waals surface area contributed by atoms with Gasteiger partial charge in [-0.2, -0.15) is 0 Å². The second-order valence-electron chi connectivity index (χ2n) is 7.31. The van der Waals surface area contributed by atoms with E-state index in [2.05, 4.69) is 26.1 Å². The lowest BCUT2D eigenvalue weighted by Crippen LogP contribution is -2.42. The Morgan fingerprint density at radius 2 is 2.11 bits per heavy atom. The van der Waals surface area contributed by atoms with Crippen molar-refractivity contribution in [2.45, 2.75) is 12.5 Å². The van der Waals surface area contributed by atoms with Crippen molar-refractivity contribution in [3.8, 4) is 17.2 Å². The number of aromatic nitrogens is 3. The Hall–Kier alpha value is -2.77. The first kappa shape index (κ1) is 16.4. The molecule has 2 aliphatic heterocycles. The molecule has 1 N–H and O–H groups in total. The maximum atomic E-state index is 10.1. The molecule has 0 bridgehead atoms. The molecule has 1 saturated heterocycles. The minimum Gasteiger partial charge on any atom is -0.493 e. The fourth-order valence-electron chi connectivity index (χ4n) is 4.21. The van der Waals surface area contributed by atoms with Crippen LogP contribution in [0.1, 0.15) is 17.4 Å². The van der Waals surface area contributed by atoms with Crippen LogP contribution in [-0.2, 0) is 6.54 Å². The molecular weight excluding hydrogens is 344 g/mol. The lowest BCUT2D eigenvalue weighted by molar-refractivity contribution is 0.0452. The van der Waals surface area contributed by atoms with Crippen LogP contribution in [0.3, 0.4) is 0 Å². The summed E-state index contributed by atoms with van der Waals surface area (Å²) in [4.78, 5) is 6.34. The molecule has 1 aromatic carbocycles. The van der Waals surface area contributed by atoms with Gasteiger partial charge in [-0.05, 0) is 23.8 Å². The van der Waals surface area contributed by atoms with Crippen molar-refractivity contribution in [1.82, 2.24) is 20.1 Å². The number of hydrogen-bond donors (Lipinski definition) is 1. The summed E-state index contributed by atoms with van der Waals surface area (Å²) in [6, 6.07) is 11.8. The summed E-state index contributed by atoms with van der Waals surface area (Å²) in [7, 11) is 0. The van der Waals surface area contributed by atoms with Crippen molar-refractivity contribution in [3.05, 3.63) is 60.2 Å². The molecule has 0 unspecified atom stereocenters. The molecule has 0 radical (unpaired) electrons. The van der Waals surface area contributed by atoms with Gasteiger partial charge in [0.05, 0.1) is 25.3 Å². The summed E-state index contributed by atoms with van der Waals surface area (Å²) >= 11 is 0. The highest BCUT2D eigenvalue weighted by atomic mass is 16.5. The van der Waals surface area contributed by atoms with E-state index in [0.717, 1.165) is 24.4 Å². The largest absolute Gasteiger partial charge is 0.493 e. The SMILES string of the molecule is OC[C@]12COc3ccccc3[C@H]1CN(Cc1nnc(-c3cccnc3)o1)C2. The van der Waals surface area contributed by atoms with Crippen LogP contribution < -0.4 is 4.74 Å². The normalized spacial score (nSPS) is 24.3. The maximum absolute atomic E-state index is 10.1. The second-order valence-corrected chi connectivity index (χ2v) is 7.31. The topological polar surface area (TPSA) is 84.5 Å². The van der Waals surface area contributed by atoms with Crippen LogP contribution in [0.15, 0.2) is 53.2 Å². The van der Waals surface area contributed by atoms with E-state index in [4.69, 9.17) is 9.15 Å². The second kappa shape index (κ2) is 6.44. The fourth-order valence-corrected chi connectivity index (χ4v) is 4.21. The first-order chi connectivity index (χ1) is 13.3. The monoisotopic (exact) mass is 364 g/mol. The number of aliphatic hydroxyl groups excluding tert-OH is 1. The third-order valence-electron chi connectivity index (χ3n) is 5.58. The number of ether oxygens (including phenoxy) is 1. The summed E-state index contributed by atoms with van der Waals surface area (Å²) in [5.41, 5.74) is 1.68. The van der Waals surface area contributed by atoms with Gasteiger partial charge in [-0.3, -0.25) is 9.88 Å². The Balaban J connectivity index is 1.37. The van der Waals surface area contributed by atoms with E-state index in [9.17, 15) is 5.11 Å². The van der Waals surface area contributed by atoms with Crippen molar-refractivity contribution in [3.63, 3.8) is 0 Å². The number of benzene rings is 1. The third kappa shape index (κ3) is 2.79. The maximum Gasteiger partial charge on any atom is 0.249 e. The molecule has 7 nitrogen and oxygen atoms in total. The number of para-hydroxylation sites is 1. The van der Waals surface area contributed by atoms with Crippen LogP contribution in [-0.4, -0.2) is 51.5 Å². The van der Waals surface area contributed by atoms with Crippen molar-refractivity contribution in [2.24, 2.45) is 5.41 Å². The first-order valence-electron chi connectivity index (χ1n) is 9.05. The molecule has 5 rings (SSSR count). The number of rotatable bonds is 4. The van der Waals surface area contributed by atoms with Gasteiger partial charge in [-0.25, -0.2) is 0 Å². The molecule has 2 aromatic heterocycles. The number of aliphatic hydroxyl groups is 1. The van der Waals surface area contributed by atoms with Crippen LogP contribution in [0, 0.1) is 5.41 Å². The van der Waals surface area contributed by atoms with E-state index in [1.807, 2.05) is 30.3 Å². The van der Waals surface area contributed by atoms with E-state index >= 15 is 0 Å².